The highest BCUT2D eigenvalue weighted by Crippen LogP contribution is 2.44. The first-order valence-electron chi connectivity index (χ1n) is 7.99. The highest BCUT2D eigenvalue weighted by Gasteiger charge is 2.36. The highest BCUT2D eigenvalue weighted by molar-refractivity contribution is 5.70. The number of anilines is 2. The molecule has 0 spiro atoms. The minimum atomic E-state index is -0.390. The minimum Gasteiger partial charge on any atom is -0.338 e. The van der Waals surface area contributed by atoms with E-state index < -0.39 is 5.69 Å². The number of aromatic nitrogens is 3. The van der Waals surface area contributed by atoms with Gasteiger partial charge in [0.15, 0.2) is 0 Å². The quantitative estimate of drug-likeness (QED) is 0.573. The van der Waals surface area contributed by atoms with Gasteiger partial charge in [-0.1, -0.05) is 35.0 Å². The predicted octanol–water partition coefficient (Wildman–Crippen LogP) is 1.93. The van der Waals surface area contributed by atoms with Gasteiger partial charge in [0, 0.05) is 14.1 Å². The van der Waals surface area contributed by atoms with E-state index in [1.165, 1.54) is 11.6 Å². The molecule has 7 heteroatoms. The standard InChI is InChI=1S/C18H18N4O3/c1-9-5-7-11(8-6-9)13-12-10(2)20-25-16(12)19-15-14(13)17(23)22(4)18(24)21(15)3/h5-8,13,19H,1-4H3. The molecular weight excluding hydrogens is 320 g/mol. The van der Waals surface area contributed by atoms with E-state index in [2.05, 4.69) is 10.5 Å². The number of nitrogens with one attached hydrogen (secondary N) is 1. The van der Waals surface area contributed by atoms with Crippen LogP contribution in [0.15, 0.2) is 38.4 Å². The molecular formula is C18H18N4O3. The molecule has 1 aliphatic rings. The number of benzene rings is 1. The van der Waals surface area contributed by atoms with Crippen molar-refractivity contribution >= 4 is 11.7 Å². The second kappa shape index (κ2) is 5.20. The Morgan fingerprint density at radius 2 is 1.72 bits per heavy atom. The van der Waals surface area contributed by atoms with Gasteiger partial charge in [-0.25, -0.2) is 4.79 Å². The van der Waals surface area contributed by atoms with Gasteiger partial charge in [0.2, 0.25) is 5.88 Å². The molecule has 0 saturated carbocycles. The van der Waals surface area contributed by atoms with E-state index in [0.717, 1.165) is 27.0 Å². The van der Waals surface area contributed by atoms with Crippen LogP contribution in [0.4, 0.5) is 11.7 Å². The third kappa shape index (κ3) is 2.08. The summed E-state index contributed by atoms with van der Waals surface area (Å²) in [5.41, 5.74) is 3.44. The van der Waals surface area contributed by atoms with Gasteiger partial charge < -0.3 is 9.84 Å². The van der Waals surface area contributed by atoms with E-state index in [4.69, 9.17) is 4.52 Å². The van der Waals surface area contributed by atoms with E-state index in [9.17, 15) is 9.59 Å². The second-order valence-electron chi connectivity index (χ2n) is 6.45. The molecule has 1 N–H and O–H groups in total. The van der Waals surface area contributed by atoms with E-state index in [1.807, 2.05) is 38.1 Å². The van der Waals surface area contributed by atoms with Crippen molar-refractivity contribution in [3.05, 3.63) is 73.1 Å². The average molecular weight is 338 g/mol. The number of hydrogen-bond donors (Lipinski definition) is 1. The molecule has 1 aromatic carbocycles. The lowest BCUT2D eigenvalue weighted by Gasteiger charge is -2.27. The average Bonchev–Trinajstić information content (AvgIpc) is 2.98. The van der Waals surface area contributed by atoms with Gasteiger partial charge >= 0.3 is 5.69 Å². The third-order valence-electron chi connectivity index (χ3n) is 4.83. The van der Waals surface area contributed by atoms with E-state index in [-0.39, 0.29) is 11.5 Å². The summed E-state index contributed by atoms with van der Waals surface area (Å²) in [5.74, 6) is 0.574. The molecule has 1 aliphatic heterocycles. The van der Waals surface area contributed by atoms with Crippen LogP contribution in [0.5, 0.6) is 0 Å². The minimum absolute atomic E-state index is 0.317. The summed E-state index contributed by atoms with van der Waals surface area (Å²) >= 11 is 0. The van der Waals surface area contributed by atoms with Crippen molar-refractivity contribution in [1.29, 1.82) is 0 Å². The summed E-state index contributed by atoms with van der Waals surface area (Å²) in [4.78, 5) is 25.2. The number of fused-ring (bicyclic) bond motifs is 2. The molecule has 0 radical (unpaired) electrons. The van der Waals surface area contributed by atoms with Gasteiger partial charge in [-0.2, -0.15) is 0 Å². The molecule has 3 heterocycles. The third-order valence-corrected chi connectivity index (χ3v) is 4.83. The van der Waals surface area contributed by atoms with Crippen molar-refractivity contribution in [1.82, 2.24) is 14.3 Å². The van der Waals surface area contributed by atoms with Crippen LogP contribution in [0, 0.1) is 13.8 Å². The van der Waals surface area contributed by atoms with Crippen LogP contribution in [0.25, 0.3) is 0 Å². The van der Waals surface area contributed by atoms with E-state index >= 15 is 0 Å². The monoisotopic (exact) mass is 338 g/mol. The zero-order chi connectivity index (χ0) is 17.9. The van der Waals surface area contributed by atoms with E-state index in [0.29, 0.717) is 17.3 Å². The fraction of sp³-hybridized carbons (Fsp3) is 0.278. The molecule has 1 atom stereocenters. The van der Waals surface area contributed by atoms with Gasteiger partial charge in [-0.15, -0.1) is 0 Å². The predicted molar refractivity (Wildman–Crippen MR) is 93.6 cm³/mol. The number of hydrogen-bond acceptors (Lipinski definition) is 5. The summed E-state index contributed by atoms with van der Waals surface area (Å²) in [6, 6.07) is 8.00. The molecule has 1 unspecified atom stereocenters. The van der Waals surface area contributed by atoms with Gasteiger partial charge in [0.05, 0.1) is 22.7 Å². The Labute approximate surface area is 143 Å². The van der Waals surface area contributed by atoms with Crippen LogP contribution >= 0.6 is 0 Å². The number of nitrogens with zero attached hydrogens (tertiary/aromatic N) is 3. The lowest BCUT2D eigenvalue weighted by molar-refractivity contribution is 0.428. The Kier molecular flexibility index (Phi) is 3.21. The zero-order valence-corrected chi connectivity index (χ0v) is 14.5. The van der Waals surface area contributed by atoms with Crippen molar-refractivity contribution in [3.8, 4) is 0 Å². The molecule has 0 amide bonds. The molecule has 25 heavy (non-hydrogen) atoms. The lowest BCUT2D eigenvalue weighted by Crippen LogP contribution is -2.42. The summed E-state index contributed by atoms with van der Waals surface area (Å²) in [6.07, 6.45) is 0. The normalized spacial score (nSPS) is 15.4. The highest BCUT2D eigenvalue weighted by atomic mass is 16.5. The molecule has 4 rings (SSSR count). The summed E-state index contributed by atoms with van der Waals surface area (Å²) < 4.78 is 7.96. The van der Waals surface area contributed by atoms with Crippen LogP contribution in [0.1, 0.15) is 33.9 Å². The maximum absolute atomic E-state index is 12.9. The Hall–Kier alpha value is -3.09. The Balaban J connectivity index is 2.11. The molecule has 0 bridgehead atoms. The fourth-order valence-corrected chi connectivity index (χ4v) is 3.43. The van der Waals surface area contributed by atoms with Crippen molar-refractivity contribution in [3.63, 3.8) is 0 Å². The lowest BCUT2D eigenvalue weighted by atomic mass is 9.83. The largest absolute Gasteiger partial charge is 0.338 e. The first-order chi connectivity index (χ1) is 11.9. The molecule has 0 saturated heterocycles. The molecule has 128 valence electrons. The van der Waals surface area contributed by atoms with Gasteiger partial charge in [0.25, 0.3) is 5.56 Å². The van der Waals surface area contributed by atoms with Gasteiger partial charge in [-0.05, 0) is 19.4 Å². The fourth-order valence-electron chi connectivity index (χ4n) is 3.43. The smallest absolute Gasteiger partial charge is 0.332 e. The molecule has 7 nitrogen and oxygen atoms in total. The Bertz CT molecular complexity index is 1100. The maximum atomic E-state index is 12.9. The summed E-state index contributed by atoms with van der Waals surface area (Å²) in [6.45, 7) is 3.86. The first-order valence-corrected chi connectivity index (χ1v) is 7.99. The van der Waals surface area contributed by atoms with Crippen molar-refractivity contribution in [2.24, 2.45) is 14.1 Å². The second-order valence-corrected chi connectivity index (χ2v) is 6.45. The summed E-state index contributed by atoms with van der Waals surface area (Å²) in [5, 5.41) is 7.12. The summed E-state index contributed by atoms with van der Waals surface area (Å²) in [7, 11) is 3.13. The van der Waals surface area contributed by atoms with Crippen LogP contribution in [0.2, 0.25) is 0 Å². The van der Waals surface area contributed by atoms with Crippen LogP contribution in [0.3, 0.4) is 0 Å². The molecule has 3 aromatic rings. The maximum Gasteiger partial charge on any atom is 0.332 e. The first kappa shape index (κ1) is 15.4. The molecule has 2 aromatic heterocycles. The topological polar surface area (TPSA) is 82.1 Å². The SMILES string of the molecule is Cc1ccc(C2c3c(C)noc3Nc3c2c(=O)n(C)c(=O)n3C)cc1. The van der Waals surface area contributed by atoms with Gasteiger partial charge in [0.1, 0.15) is 5.82 Å². The molecule has 0 aliphatic carbocycles. The van der Waals surface area contributed by atoms with Gasteiger partial charge in [-0.3, -0.25) is 13.9 Å². The van der Waals surface area contributed by atoms with Crippen molar-refractivity contribution < 1.29 is 4.52 Å². The van der Waals surface area contributed by atoms with Crippen LogP contribution < -0.4 is 16.6 Å². The van der Waals surface area contributed by atoms with Crippen molar-refractivity contribution in [2.75, 3.05) is 5.32 Å². The van der Waals surface area contributed by atoms with Crippen LogP contribution in [-0.4, -0.2) is 14.3 Å². The van der Waals surface area contributed by atoms with E-state index in [1.54, 1.807) is 7.05 Å². The number of aryl methyl sites for hydroxylation is 2. The number of rotatable bonds is 1. The Morgan fingerprint density at radius 3 is 2.40 bits per heavy atom. The Morgan fingerprint density at radius 1 is 1.04 bits per heavy atom. The molecule has 0 fully saturated rings. The van der Waals surface area contributed by atoms with Crippen molar-refractivity contribution in [2.45, 2.75) is 19.8 Å². The van der Waals surface area contributed by atoms with Crippen LogP contribution in [-0.2, 0) is 14.1 Å². The zero-order valence-electron chi connectivity index (χ0n) is 14.5.